The zero-order chi connectivity index (χ0) is 9.14. The minimum atomic E-state index is -2.69. The molecule has 0 radical (unpaired) electrons. The summed E-state index contributed by atoms with van der Waals surface area (Å²) < 4.78 is 24.3. The van der Waals surface area contributed by atoms with Crippen molar-refractivity contribution >= 4 is 5.82 Å². The van der Waals surface area contributed by atoms with Gasteiger partial charge in [-0.3, -0.25) is 0 Å². The van der Waals surface area contributed by atoms with Crippen LogP contribution in [0.3, 0.4) is 0 Å². The number of hydrogen-bond donors (Lipinski definition) is 1. The van der Waals surface area contributed by atoms with E-state index < -0.39 is 6.43 Å². The van der Waals surface area contributed by atoms with E-state index in [0.717, 1.165) is 12.3 Å². The number of anilines is 1. The Kier molecular flexibility index (Phi) is 2.19. The minimum Gasteiger partial charge on any atom is -0.383 e. The summed E-state index contributed by atoms with van der Waals surface area (Å²) in [5, 5.41) is 8.44. The molecular formula is C7H5F2N3. The highest BCUT2D eigenvalue weighted by atomic mass is 19.3. The van der Waals surface area contributed by atoms with Gasteiger partial charge in [-0.05, 0) is 6.07 Å². The van der Waals surface area contributed by atoms with Crippen LogP contribution in [0.2, 0.25) is 0 Å². The largest absolute Gasteiger partial charge is 0.383 e. The Hall–Kier alpha value is -1.70. The molecule has 0 unspecified atom stereocenters. The van der Waals surface area contributed by atoms with Crippen molar-refractivity contribution in [3.05, 3.63) is 23.4 Å². The van der Waals surface area contributed by atoms with Crippen molar-refractivity contribution in [1.82, 2.24) is 4.98 Å². The van der Waals surface area contributed by atoms with Crippen LogP contribution in [0.4, 0.5) is 14.6 Å². The lowest BCUT2D eigenvalue weighted by Crippen LogP contribution is -1.99. The first-order chi connectivity index (χ1) is 5.66. The summed E-state index contributed by atoms with van der Waals surface area (Å²) in [5.41, 5.74) is 4.59. The van der Waals surface area contributed by atoms with Crippen LogP contribution >= 0.6 is 0 Å². The Bertz CT molecular complexity index is 330. The van der Waals surface area contributed by atoms with E-state index in [0.29, 0.717) is 0 Å². The van der Waals surface area contributed by atoms with Crippen molar-refractivity contribution in [2.45, 2.75) is 6.43 Å². The molecule has 0 saturated carbocycles. The van der Waals surface area contributed by atoms with Crippen LogP contribution in [0.5, 0.6) is 0 Å². The summed E-state index contributed by atoms with van der Waals surface area (Å²) in [4.78, 5) is 3.51. The molecular weight excluding hydrogens is 164 g/mol. The molecule has 0 spiro atoms. The molecule has 12 heavy (non-hydrogen) atoms. The van der Waals surface area contributed by atoms with Gasteiger partial charge in [0.25, 0.3) is 6.43 Å². The number of nitrogen functional groups attached to an aromatic ring is 1. The third-order valence-electron chi connectivity index (χ3n) is 1.36. The standard InChI is InChI=1S/C7H5F2N3/c8-6(9)4-1-2-12-7(11)5(4)3-10/h1-2,6H,(H2,11,12). The Morgan fingerprint density at radius 1 is 1.58 bits per heavy atom. The average Bonchev–Trinajstić information content (AvgIpc) is 2.03. The van der Waals surface area contributed by atoms with E-state index in [1.807, 2.05) is 0 Å². The smallest absolute Gasteiger partial charge is 0.265 e. The molecule has 1 aromatic heterocycles. The van der Waals surface area contributed by atoms with Crippen LogP contribution < -0.4 is 5.73 Å². The van der Waals surface area contributed by atoms with Gasteiger partial charge in [0.15, 0.2) is 0 Å². The highest BCUT2D eigenvalue weighted by Gasteiger charge is 2.14. The molecule has 1 aromatic rings. The monoisotopic (exact) mass is 169 g/mol. The van der Waals surface area contributed by atoms with Gasteiger partial charge in [-0.25, -0.2) is 13.8 Å². The second-order valence-corrected chi connectivity index (χ2v) is 2.07. The predicted octanol–water partition coefficient (Wildman–Crippen LogP) is 1.47. The van der Waals surface area contributed by atoms with Crippen LogP contribution in [-0.2, 0) is 0 Å². The van der Waals surface area contributed by atoms with Crippen molar-refractivity contribution in [2.75, 3.05) is 5.73 Å². The Labute approximate surface area is 67.4 Å². The van der Waals surface area contributed by atoms with E-state index in [4.69, 9.17) is 11.0 Å². The number of nitriles is 1. The van der Waals surface area contributed by atoms with Crippen LogP contribution in [0.15, 0.2) is 12.3 Å². The maximum atomic E-state index is 12.2. The maximum absolute atomic E-state index is 12.2. The number of halogens is 2. The zero-order valence-electron chi connectivity index (χ0n) is 5.96. The first-order valence-electron chi connectivity index (χ1n) is 3.09. The van der Waals surface area contributed by atoms with E-state index >= 15 is 0 Å². The van der Waals surface area contributed by atoms with Crippen molar-refractivity contribution in [2.24, 2.45) is 0 Å². The second kappa shape index (κ2) is 3.13. The summed E-state index contributed by atoms with van der Waals surface area (Å²) in [6.07, 6.45) is -1.54. The molecule has 0 aromatic carbocycles. The fourth-order valence-corrected chi connectivity index (χ4v) is 0.797. The number of rotatable bonds is 1. The SMILES string of the molecule is N#Cc1c(C(F)F)ccnc1N. The van der Waals surface area contributed by atoms with E-state index in [9.17, 15) is 8.78 Å². The summed E-state index contributed by atoms with van der Waals surface area (Å²) in [5.74, 6) is -0.157. The van der Waals surface area contributed by atoms with Gasteiger partial charge >= 0.3 is 0 Å². The highest BCUT2D eigenvalue weighted by molar-refractivity contribution is 5.52. The van der Waals surface area contributed by atoms with Gasteiger partial charge in [-0.2, -0.15) is 5.26 Å². The average molecular weight is 169 g/mol. The number of alkyl halides is 2. The number of nitrogens with zero attached hydrogens (tertiary/aromatic N) is 2. The van der Waals surface area contributed by atoms with Gasteiger partial charge < -0.3 is 5.73 Å². The summed E-state index contributed by atoms with van der Waals surface area (Å²) >= 11 is 0. The van der Waals surface area contributed by atoms with E-state index in [1.165, 1.54) is 0 Å². The molecule has 0 aliphatic carbocycles. The van der Waals surface area contributed by atoms with E-state index in [1.54, 1.807) is 6.07 Å². The number of nitrogens with two attached hydrogens (primary N) is 1. The summed E-state index contributed by atoms with van der Waals surface area (Å²) in [7, 11) is 0. The van der Waals surface area contributed by atoms with Gasteiger partial charge in [0.05, 0.1) is 0 Å². The van der Waals surface area contributed by atoms with Crippen LogP contribution in [-0.4, -0.2) is 4.98 Å². The second-order valence-electron chi connectivity index (χ2n) is 2.07. The fraction of sp³-hybridized carbons (Fsp3) is 0.143. The van der Waals surface area contributed by atoms with Crippen molar-refractivity contribution in [1.29, 1.82) is 5.26 Å². The van der Waals surface area contributed by atoms with Crippen LogP contribution in [0.1, 0.15) is 17.6 Å². The lowest BCUT2D eigenvalue weighted by Gasteiger charge is -2.02. The van der Waals surface area contributed by atoms with Gasteiger partial charge in [-0.1, -0.05) is 0 Å². The van der Waals surface area contributed by atoms with Crippen molar-refractivity contribution in [3.63, 3.8) is 0 Å². The molecule has 5 heteroatoms. The Morgan fingerprint density at radius 2 is 2.25 bits per heavy atom. The molecule has 0 aliphatic rings. The lowest BCUT2D eigenvalue weighted by atomic mass is 10.1. The van der Waals surface area contributed by atoms with Gasteiger partial charge in [-0.15, -0.1) is 0 Å². The minimum absolute atomic E-state index is 0.157. The fourth-order valence-electron chi connectivity index (χ4n) is 0.797. The summed E-state index contributed by atoms with van der Waals surface area (Å²) in [6.45, 7) is 0. The molecule has 3 nitrogen and oxygen atoms in total. The van der Waals surface area contributed by atoms with E-state index in [-0.39, 0.29) is 16.9 Å². The Morgan fingerprint density at radius 3 is 2.67 bits per heavy atom. The Balaban J connectivity index is 3.30. The number of aromatic nitrogens is 1. The molecule has 1 rings (SSSR count). The molecule has 0 aliphatic heterocycles. The topological polar surface area (TPSA) is 62.7 Å². The first-order valence-corrected chi connectivity index (χ1v) is 3.09. The van der Waals surface area contributed by atoms with Gasteiger partial charge in [0.1, 0.15) is 17.5 Å². The van der Waals surface area contributed by atoms with Crippen LogP contribution in [0, 0.1) is 11.3 Å². The normalized spacial score (nSPS) is 9.83. The third-order valence-corrected chi connectivity index (χ3v) is 1.36. The van der Waals surface area contributed by atoms with Crippen molar-refractivity contribution in [3.8, 4) is 6.07 Å². The molecule has 0 saturated heterocycles. The quantitative estimate of drug-likeness (QED) is 0.692. The number of hydrogen-bond acceptors (Lipinski definition) is 3. The lowest BCUT2D eigenvalue weighted by molar-refractivity contribution is 0.151. The predicted molar refractivity (Wildman–Crippen MR) is 38.3 cm³/mol. The molecule has 2 N–H and O–H groups in total. The highest BCUT2D eigenvalue weighted by Crippen LogP contribution is 2.24. The zero-order valence-corrected chi connectivity index (χ0v) is 5.96. The van der Waals surface area contributed by atoms with Gasteiger partial charge in [0.2, 0.25) is 0 Å². The van der Waals surface area contributed by atoms with Gasteiger partial charge in [0, 0.05) is 11.8 Å². The molecule has 0 bridgehead atoms. The third kappa shape index (κ3) is 1.32. The number of pyridine rings is 1. The molecule has 0 amide bonds. The maximum Gasteiger partial charge on any atom is 0.265 e. The van der Waals surface area contributed by atoms with Crippen LogP contribution in [0.25, 0.3) is 0 Å². The molecule has 1 heterocycles. The van der Waals surface area contributed by atoms with E-state index in [2.05, 4.69) is 4.98 Å². The molecule has 62 valence electrons. The molecule has 0 atom stereocenters. The van der Waals surface area contributed by atoms with Crippen molar-refractivity contribution < 1.29 is 8.78 Å². The summed E-state index contributed by atoms with van der Waals surface area (Å²) in [6, 6.07) is 2.66. The first kappa shape index (κ1) is 8.40. The molecule has 0 fully saturated rings.